The van der Waals surface area contributed by atoms with Gasteiger partial charge in [-0.3, -0.25) is 0 Å². The number of hydrogen-bond acceptors (Lipinski definition) is 3. The van der Waals surface area contributed by atoms with Crippen LogP contribution in [0.2, 0.25) is 0 Å². The highest BCUT2D eigenvalue weighted by Crippen LogP contribution is 2.44. The van der Waals surface area contributed by atoms with E-state index >= 15 is 0 Å². The average Bonchev–Trinajstić information content (AvgIpc) is 3.53. The van der Waals surface area contributed by atoms with E-state index < -0.39 is 0 Å². The predicted molar refractivity (Wildman–Crippen MR) is 172 cm³/mol. The molecule has 0 spiro atoms. The fraction of sp³-hybridized carbons (Fsp3) is 0.289. The van der Waals surface area contributed by atoms with E-state index in [0.29, 0.717) is 5.92 Å². The number of nitrogens with zero attached hydrogens (tertiary/aromatic N) is 2. The second kappa shape index (κ2) is 10.2. The van der Waals surface area contributed by atoms with Gasteiger partial charge in [0.1, 0.15) is 12.3 Å². The lowest BCUT2D eigenvalue weighted by molar-refractivity contribution is -0.674. The van der Waals surface area contributed by atoms with E-state index in [0.717, 1.165) is 55.1 Å². The molecule has 0 radical (unpaired) electrons. The average molecular weight is 554 g/mol. The Morgan fingerprint density at radius 2 is 1.57 bits per heavy atom. The molecular formula is C38H37N2O2+. The van der Waals surface area contributed by atoms with E-state index in [9.17, 15) is 0 Å². The predicted octanol–water partition coefficient (Wildman–Crippen LogP) is 9.12. The van der Waals surface area contributed by atoms with Crippen molar-refractivity contribution in [3.8, 4) is 5.75 Å². The van der Waals surface area contributed by atoms with Crippen LogP contribution in [0, 0.1) is 5.92 Å². The van der Waals surface area contributed by atoms with Gasteiger partial charge in [0.25, 0.3) is 5.52 Å². The van der Waals surface area contributed by atoms with Crippen LogP contribution in [0.15, 0.2) is 106 Å². The summed E-state index contributed by atoms with van der Waals surface area (Å²) in [5, 5.41) is 4.97. The summed E-state index contributed by atoms with van der Waals surface area (Å²) in [6, 6.07) is 26.0. The molecule has 5 aromatic rings. The molecule has 0 saturated heterocycles. The molecule has 1 aliphatic heterocycles. The van der Waals surface area contributed by atoms with Crippen LogP contribution >= 0.6 is 0 Å². The third kappa shape index (κ3) is 4.32. The highest BCUT2D eigenvalue weighted by atomic mass is 16.5. The van der Waals surface area contributed by atoms with Crippen molar-refractivity contribution in [2.24, 2.45) is 5.92 Å². The molecule has 4 aromatic carbocycles. The monoisotopic (exact) mass is 553 g/mol. The van der Waals surface area contributed by atoms with Gasteiger partial charge in [-0.15, -0.1) is 0 Å². The molecule has 0 fully saturated rings. The van der Waals surface area contributed by atoms with Gasteiger partial charge in [0.15, 0.2) is 6.23 Å². The number of rotatable bonds is 5. The zero-order valence-corrected chi connectivity index (χ0v) is 24.5. The Balaban J connectivity index is 1.08. The van der Waals surface area contributed by atoms with Crippen molar-refractivity contribution in [3.63, 3.8) is 0 Å². The first-order valence-electron chi connectivity index (χ1n) is 15.6. The van der Waals surface area contributed by atoms with Gasteiger partial charge in [-0.05, 0) is 96.3 Å². The van der Waals surface area contributed by atoms with Gasteiger partial charge in [0.2, 0.25) is 5.58 Å². The van der Waals surface area contributed by atoms with E-state index in [4.69, 9.17) is 9.15 Å². The number of hydrogen-bond donors (Lipinski definition) is 0. The quantitative estimate of drug-likeness (QED) is 0.203. The molecule has 0 amide bonds. The molecule has 4 nitrogen and oxygen atoms in total. The molecule has 2 aliphatic carbocycles. The maximum absolute atomic E-state index is 6.58. The standard InChI is InChI=1S/C38H37N2O2/c1-3-39-33-21-28-9-5-7-11-30(28)23-35(33)41-37(39)19-25-13-15-27-16-14-26(18-32(27)17-25)20-38-40(4-2)34-22-29-10-6-8-12-31(29)24-36(34)42-38/h5-12,17-19,21-24,27,38H,3-4,13-16,20H2,1-2H3/q+1. The van der Waals surface area contributed by atoms with Crippen LogP contribution in [-0.2, 0) is 6.54 Å². The van der Waals surface area contributed by atoms with Gasteiger partial charge < -0.3 is 14.1 Å². The zero-order valence-electron chi connectivity index (χ0n) is 24.5. The molecule has 3 aliphatic rings. The summed E-state index contributed by atoms with van der Waals surface area (Å²) in [6.07, 6.45) is 12.9. The second-order valence-corrected chi connectivity index (χ2v) is 12.0. The first-order chi connectivity index (χ1) is 20.7. The van der Waals surface area contributed by atoms with Crippen molar-refractivity contribution < 1.29 is 13.7 Å². The Kier molecular flexibility index (Phi) is 6.17. The zero-order chi connectivity index (χ0) is 28.2. The number of ether oxygens (including phenoxy) is 1. The normalized spacial score (nSPS) is 21.0. The van der Waals surface area contributed by atoms with Gasteiger partial charge in [0, 0.05) is 19.0 Å². The Hall–Kier alpha value is -4.31. The number of aromatic nitrogens is 1. The summed E-state index contributed by atoms with van der Waals surface area (Å²) in [7, 11) is 0. The molecule has 2 unspecified atom stereocenters. The molecule has 1 aromatic heterocycles. The summed E-state index contributed by atoms with van der Waals surface area (Å²) in [4.78, 5) is 2.43. The number of benzene rings is 4. The van der Waals surface area contributed by atoms with Crippen molar-refractivity contribution in [3.05, 3.63) is 108 Å². The van der Waals surface area contributed by atoms with Crippen molar-refractivity contribution in [1.29, 1.82) is 0 Å². The Bertz CT molecular complexity index is 1940. The summed E-state index contributed by atoms with van der Waals surface area (Å²) < 4.78 is 15.3. The fourth-order valence-corrected chi connectivity index (χ4v) is 7.34. The molecular weight excluding hydrogens is 516 g/mol. The molecule has 2 atom stereocenters. The third-order valence-electron chi connectivity index (χ3n) is 9.54. The molecule has 8 rings (SSSR count). The minimum Gasteiger partial charge on any atom is -0.468 e. The lowest BCUT2D eigenvalue weighted by Crippen LogP contribution is -2.35. The van der Waals surface area contributed by atoms with Crippen LogP contribution in [0.4, 0.5) is 5.69 Å². The van der Waals surface area contributed by atoms with Gasteiger partial charge in [0.05, 0.1) is 11.8 Å². The summed E-state index contributed by atoms with van der Waals surface area (Å²) in [5.41, 5.74) is 7.67. The van der Waals surface area contributed by atoms with Crippen molar-refractivity contribution in [2.45, 2.75) is 58.7 Å². The smallest absolute Gasteiger partial charge is 0.374 e. The number of aryl methyl sites for hydroxylation is 1. The van der Waals surface area contributed by atoms with Crippen molar-refractivity contribution in [1.82, 2.24) is 0 Å². The molecule has 42 heavy (non-hydrogen) atoms. The van der Waals surface area contributed by atoms with Crippen LogP contribution in [0.25, 0.3) is 38.7 Å². The third-order valence-corrected chi connectivity index (χ3v) is 9.54. The maximum atomic E-state index is 6.58. The molecule has 210 valence electrons. The lowest BCUT2D eigenvalue weighted by Gasteiger charge is -2.31. The Labute approximate surface area is 247 Å². The number of oxazole rings is 1. The van der Waals surface area contributed by atoms with Crippen LogP contribution in [0.5, 0.6) is 5.75 Å². The van der Waals surface area contributed by atoms with Crippen LogP contribution in [0.1, 0.15) is 51.8 Å². The molecule has 0 N–H and O–H groups in total. The van der Waals surface area contributed by atoms with E-state index in [1.807, 2.05) is 0 Å². The van der Waals surface area contributed by atoms with E-state index in [2.05, 4.69) is 114 Å². The van der Waals surface area contributed by atoms with Crippen LogP contribution in [0.3, 0.4) is 0 Å². The minimum atomic E-state index is 0.0541. The summed E-state index contributed by atoms with van der Waals surface area (Å²) in [6.45, 7) is 6.24. The van der Waals surface area contributed by atoms with Crippen LogP contribution in [-0.4, -0.2) is 12.8 Å². The van der Waals surface area contributed by atoms with Crippen molar-refractivity contribution >= 4 is 44.4 Å². The van der Waals surface area contributed by atoms with Gasteiger partial charge in [-0.2, -0.15) is 4.57 Å². The topological polar surface area (TPSA) is 29.5 Å². The number of allylic oxidation sites excluding steroid dienone is 4. The van der Waals surface area contributed by atoms with Crippen molar-refractivity contribution in [2.75, 3.05) is 11.4 Å². The highest BCUT2D eigenvalue weighted by Gasteiger charge is 2.32. The van der Waals surface area contributed by atoms with Gasteiger partial charge >= 0.3 is 5.89 Å². The number of anilines is 1. The lowest BCUT2D eigenvalue weighted by atomic mass is 9.77. The molecule has 0 bridgehead atoms. The first kappa shape index (κ1) is 25.4. The number of fused-ring (bicyclic) bond motifs is 5. The summed E-state index contributed by atoms with van der Waals surface area (Å²) >= 11 is 0. The second-order valence-electron chi connectivity index (χ2n) is 12.0. The van der Waals surface area contributed by atoms with Gasteiger partial charge in [-0.25, -0.2) is 0 Å². The van der Waals surface area contributed by atoms with Crippen LogP contribution < -0.4 is 14.2 Å². The van der Waals surface area contributed by atoms with E-state index in [-0.39, 0.29) is 6.23 Å². The Morgan fingerprint density at radius 3 is 2.33 bits per heavy atom. The highest BCUT2D eigenvalue weighted by molar-refractivity contribution is 5.93. The van der Waals surface area contributed by atoms with Gasteiger partial charge in [-0.1, -0.05) is 66.3 Å². The minimum absolute atomic E-state index is 0.0541. The maximum Gasteiger partial charge on any atom is 0.374 e. The summed E-state index contributed by atoms with van der Waals surface area (Å²) in [5.74, 6) is 2.61. The first-order valence-corrected chi connectivity index (χ1v) is 15.6. The fourth-order valence-electron chi connectivity index (χ4n) is 7.34. The Morgan fingerprint density at radius 1 is 0.857 bits per heavy atom. The molecule has 2 heterocycles. The molecule has 0 saturated carbocycles. The van der Waals surface area contributed by atoms with E-state index in [1.165, 1.54) is 56.8 Å². The largest absolute Gasteiger partial charge is 0.468 e. The SMILES string of the molecule is CCN1c2cc3ccccc3cc2OC1CC1=CC2=CC(=Cc3oc4cc5ccccc5cc4[n+]3CC)CCC2CC1. The molecule has 4 heteroatoms. The van der Waals surface area contributed by atoms with E-state index in [1.54, 1.807) is 0 Å².